The molecule has 2 aromatic rings. The number of benzene rings is 1. The summed E-state index contributed by atoms with van der Waals surface area (Å²) in [6.45, 7) is 8.47. The van der Waals surface area contributed by atoms with Crippen molar-refractivity contribution in [2.75, 3.05) is 13.2 Å². The summed E-state index contributed by atoms with van der Waals surface area (Å²) in [6.07, 6.45) is 3.42. The molecule has 0 aliphatic rings. The molecule has 0 saturated heterocycles. The largest absolute Gasteiger partial charge is 0.492 e. The van der Waals surface area contributed by atoms with Crippen molar-refractivity contribution in [2.24, 2.45) is 0 Å². The average Bonchev–Trinajstić information content (AvgIpc) is 2.93. The monoisotopic (exact) mass is 307 g/mol. The van der Waals surface area contributed by atoms with E-state index in [9.17, 15) is 0 Å². The predicted molar refractivity (Wildman–Crippen MR) is 86.2 cm³/mol. The molecule has 0 saturated carbocycles. The van der Waals surface area contributed by atoms with Crippen LogP contribution in [0.15, 0.2) is 35.1 Å². The van der Waals surface area contributed by atoms with Crippen LogP contribution in [0.2, 0.25) is 5.02 Å². The summed E-state index contributed by atoms with van der Waals surface area (Å²) in [6, 6.07) is 5.98. The molecule has 0 fully saturated rings. The van der Waals surface area contributed by atoms with Crippen molar-refractivity contribution in [3.05, 3.63) is 52.4 Å². The zero-order chi connectivity index (χ0) is 15.2. The molecule has 0 aliphatic heterocycles. The van der Waals surface area contributed by atoms with E-state index in [-0.39, 0.29) is 0 Å². The number of ether oxygens (including phenoxy) is 1. The van der Waals surface area contributed by atoms with Gasteiger partial charge < -0.3 is 14.5 Å². The molecule has 0 spiro atoms. The van der Waals surface area contributed by atoms with Gasteiger partial charge in [0.05, 0.1) is 12.5 Å². The summed E-state index contributed by atoms with van der Waals surface area (Å²) in [5, 5.41) is 4.13. The van der Waals surface area contributed by atoms with Crippen molar-refractivity contribution < 1.29 is 9.15 Å². The molecule has 0 radical (unpaired) electrons. The third kappa shape index (κ3) is 4.51. The smallest absolute Gasteiger partial charge is 0.122 e. The molecule has 1 aromatic carbocycles. The predicted octanol–water partition coefficient (Wildman–Crippen LogP) is 4.53. The third-order valence-electron chi connectivity index (χ3n) is 3.36. The minimum atomic E-state index is 0.389. The Bertz CT molecular complexity index is 564. The van der Waals surface area contributed by atoms with E-state index in [4.69, 9.17) is 20.8 Å². The van der Waals surface area contributed by atoms with E-state index in [1.807, 2.05) is 19.1 Å². The normalized spacial score (nSPS) is 11.1. The second-order valence-electron chi connectivity index (χ2n) is 5.45. The van der Waals surface area contributed by atoms with Crippen LogP contribution in [0.25, 0.3) is 0 Å². The van der Waals surface area contributed by atoms with E-state index in [1.54, 1.807) is 12.5 Å². The summed E-state index contributed by atoms with van der Waals surface area (Å²) < 4.78 is 10.9. The Balaban J connectivity index is 1.83. The van der Waals surface area contributed by atoms with Crippen LogP contribution in [0.4, 0.5) is 0 Å². The maximum Gasteiger partial charge on any atom is 0.122 e. The Morgan fingerprint density at radius 3 is 2.81 bits per heavy atom. The van der Waals surface area contributed by atoms with Gasteiger partial charge in [0.1, 0.15) is 12.4 Å². The molecule has 2 rings (SSSR count). The minimum Gasteiger partial charge on any atom is -0.492 e. The van der Waals surface area contributed by atoms with Gasteiger partial charge in [0, 0.05) is 23.7 Å². The lowest BCUT2D eigenvalue weighted by Crippen LogP contribution is -2.20. The van der Waals surface area contributed by atoms with E-state index in [2.05, 4.69) is 25.2 Å². The number of aryl methyl sites for hydroxylation is 1. The summed E-state index contributed by atoms with van der Waals surface area (Å²) >= 11 is 6.26. The lowest BCUT2D eigenvalue weighted by atomic mass is 10.0. The summed E-state index contributed by atoms with van der Waals surface area (Å²) in [4.78, 5) is 0. The molecule has 1 N–H and O–H groups in total. The van der Waals surface area contributed by atoms with Crippen molar-refractivity contribution in [1.29, 1.82) is 0 Å². The first kappa shape index (κ1) is 15.9. The van der Waals surface area contributed by atoms with E-state index in [0.717, 1.165) is 40.6 Å². The fourth-order valence-corrected chi connectivity index (χ4v) is 2.56. The number of rotatable bonds is 7. The molecule has 3 nitrogen and oxygen atoms in total. The highest BCUT2D eigenvalue weighted by Crippen LogP contribution is 2.31. The highest BCUT2D eigenvalue weighted by atomic mass is 35.5. The van der Waals surface area contributed by atoms with Crippen molar-refractivity contribution >= 4 is 11.6 Å². The fraction of sp³-hybridized carbons (Fsp3) is 0.412. The van der Waals surface area contributed by atoms with E-state index >= 15 is 0 Å². The Morgan fingerprint density at radius 1 is 1.33 bits per heavy atom. The van der Waals surface area contributed by atoms with Crippen LogP contribution in [-0.4, -0.2) is 13.2 Å². The van der Waals surface area contributed by atoms with Crippen LogP contribution in [-0.2, 0) is 6.54 Å². The lowest BCUT2D eigenvalue weighted by molar-refractivity contribution is 0.311. The van der Waals surface area contributed by atoms with Crippen molar-refractivity contribution in [3.63, 3.8) is 0 Å². The maximum absolute atomic E-state index is 6.26. The molecule has 0 bridgehead atoms. The van der Waals surface area contributed by atoms with Crippen molar-refractivity contribution in [3.8, 4) is 5.75 Å². The van der Waals surface area contributed by atoms with Gasteiger partial charge in [-0.1, -0.05) is 25.4 Å². The second-order valence-corrected chi connectivity index (χ2v) is 5.86. The Labute approximate surface area is 131 Å². The zero-order valence-electron chi connectivity index (χ0n) is 12.8. The third-order valence-corrected chi connectivity index (χ3v) is 3.69. The molecule has 114 valence electrons. The number of furan rings is 1. The van der Waals surface area contributed by atoms with Crippen LogP contribution < -0.4 is 10.1 Å². The van der Waals surface area contributed by atoms with Gasteiger partial charge in [-0.2, -0.15) is 0 Å². The summed E-state index contributed by atoms with van der Waals surface area (Å²) in [5.41, 5.74) is 3.34. The Hall–Kier alpha value is -1.45. The molecule has 0 aliphatic carbocycles. The molecule has 1 aromatic heterocycles. The highest BCUT2D eigenvalue weighted by molar-refractivity contribution is 6.31. The maximum atomic E-state index is 6.26. The van der Waals surface area contributed by atoms with Crippen LogP contribution in [0.3, 0.4) is 0 Å². The van der Waals surface area contributed by atoms with Gasteiger partial charge in [-0.05, 0) is 42.2 Å². The number of nitrogens with one attached hydrogen (secondary N) is 1. The topological polar surface area (TPSA) is 34.4 Å². The summed E-state index contributed by atoms with van der Waals surface area (Å²) in [7, 11) is 0. The molecular formula is C17H22ClNO2. The molecular weight excluding hydrogens is 286 g/mol. The van der Waals surface area contributed by atoms with Gasteiger partial charge in [0.25, 0.3) is 0 Å². The molecule has 0 atom stereocenters. The molecule has 21 heavy (non-hydrogen) atoms. The average molecular weight is 308 g/mol. The Kier molecular flexibility index (Phi) is 5.71. The molecule has 0 unspecified atom stereocenters. The van der Waals surface area contributed by atoms with Crippen LogP contribution >= 0.6 is 11.6 Å². The molecule has 0 amide bonds. The number of hydrogen-bond donors (Lipinski definition) is 1. The Morgan fingerprint density at radius 2 is 2.14 bits per heavy atom. The SMILES string of the molecule is Cc1cc(Cl)c(C(C)C)cc1OCCNCc1ccoc1. The number of hydrogen-bond acceptors (Lipinski definition) is 3. The van der Waals surface area contributed by atoms with Gasteiger partial charge in [-0.15, -0.1) is 0 Å². The second kappa shape index (κ2) is 7.53. The molecule has 1 heterocycles. The van der Waals surface area contributed by atoms with Gasteiger partial charge in [-0.3, -0.25) is 0 Å². The fourth-order valence-electron chi connectivity index (χ4n) is 2.13. The van der Waals surface area contributed by atoms with Crippen molar-refractivity contribution in [1.82, 2.24) is 5.32 Å². The first-order valence-corrected chi connectivity index (χ1v) is 7.60. The zero-order valence-corrected chi connectivity index (χ0v) is 13.5. The molecule has 4 heteroatoms. The minimum absolute atomic E-state index is 0.389. The van der Waals surface area contributed by atoms with Gasteiger partial charge in [-0.25, -0.2) is 0 Å². The van der Waals surface area contributed by atoms with E-state index in [0.29, 0.717) is 12.5 Å². The van der Waals surface area contributed by atoms with Gasteiger partial charge in [0.2, 0.25) is 0 Å². The van der Waals surface area contributed by atoms with E-state index in [1.165, 1.54) is 0 Å². The number of halogens is 1. The van der Waals surface area contributed by atoms with Crippen molar-refractivity contribution in [2.45, 2.75) is 33.2 Å². The van der Waals surface area contributed by atoms with E-state index < -0.39 is 0 Å². The summed E-state index contributed by atoms with van der Waals surface area (Å²) in [5.74, 6) is 1.30. The standard InChI is InChI=1S/C17H22ClNO2/c1-12(2)15-9-17(13(3)8-16(15)18)21-7-5-19-10-14-4-6-20-11-14/h4,6,8-9,11-12,19H,5,7,10H2,1-3H3. The first-order valence-electron chi connectivity index (χ1n) is 7.22. The van der Waals surface area contributed by atoms with Crippen LogP contribution in [0.5, 0.6) is 5.75 Å². The highest BCUT2D eigenvalue weighted by Gasteiger charge is 2.10. The van der Waals surface area contributed by atoms with Gasteiger partial charge in [0.15, 0.2) is 0 Å². The van der Waals surface area contributed by atoms with Crippen LogP contribution in [0, 0.1) is 6.92 Å². The quantitative estimate of drug-likeness (QED) is 0.763. The first-order chi connectivity index (χ1) is 10.1. The lowest BCUT2D eigenvalue weighted by Gasteiger charge is -2.15. The van der Waals surface area contributed by atoms with Gasteiger partial charge >= 0.3 is 0 Å². The van der Waals surface area contributed by atoms with Crippen LogP contribution in [0.1, 0.15) is 36.5 Å².